The molecule has 0 aliphatic carbocycles. The third-order valence-corrected chi connectivity index (χ3v) is 3.79. The van der Waals surface area contributed by atoms with Crippen LogP contribution in [0.2, 0.25) is 5.02 Å². The second-order valence-corrected chi connectivity index (χ2v) is 5.73. The maximum absolute atomic E-state index is 12.1. The van der Waals surface area contributed by atoms with Crippen molar-refractivity contribution in [3.8, 4) is 5.75 Å². The molecule has 2 heterocycles. The minimum absolute atomic E-state index is 0.229. The van der Waals surface area contributed by atoms with Crippen molar-refractivity contribution in [2.24, 2.45) is 0 Å². The van der Waals surface area contributed by atoms with Crippen molar-refractivity contribution >= 4 is 29.0 Å². The van der Waals surface area contributed by atoms with Gasteiger partial charge in [-0.15, -0.1) is 10.2 Å². The highest BCUT2D eigenvalue weighted by molar-refractivity contribution is 6.32. The number of nitrogens with zero attached hydrogens (tertiary/aromatic N) is 3. The highest BCUT2D eigenvalue weighted by Crippen LogP contribution is 2.28. The van der Waals surface area contributed by atoms with Gasteiger partial charge in [0.15, 0.2) is 11.5 Å². The van der Waals surface area contributed by atoms with Gasteiger partial charge in [0.2, 0.25) is 0 Å². The lowest BCUT2D eigenvalue weighted by atomic mass is 10.2. The minimum atomic E-state index is -0.305. The number of nitrogens with one attached hydrogen (secondary N) is 2. The first-order valence-corrected chi connectivity index (χ1v) is 8.15. The number of aromatic nitrogens is 3. The van der Waals surface area contributed by atoms with E-state index in [0.717, 1.165) is 11.3 Å². The molecular formula is C18H16ClN5O2. The number of amides is 1. The number of pyridine rings is 1. The number of hydrogen-bond donors (Lipinski definition) is 2. The van der Waals surface area contributed by atoms with E-state index >= 15 is 0 Å². The predicted molar refractivity (Wildman–Crippen MR) is 98.7 cm³/mol. The van der Waals surface area contributed by atoms with Crippen molar-refractivity contribution in [1.82, 2.24) is 20.5 Å². The zero-order valence-corrected chi connectivity index (χ0v) is 14.7. The topological polar surface area (TPSA) is 89.0 Å². The number of hydrogen-bond acceptors (Lipinski definition) is 6. The molecule has 0 bridgehead atoms. The van der Waals surface area contributed by atoms with Gasteiger partial charge in [0.1, 0.15) is 5.75 Å². The van der Waals surface area contributed by atoms with Crippen LogP contribution in [0.3, 0.4) is 0 Å². The molecule has 3 aromatic rings. The van der Waals surface area contributed by atoms with E-state index in [1.165, 1.54) is 0 Å². The second-order valence-electron chi connectivity index (χ2n) is 5.32. The highest BCUT2D eigenvalue weighted by atomic mass is 35.5. The van der Waals surface area contributed by atoms with Gasteiger partial charge in [-0.25, -0.2) is 0 Å². The Kier molecular flexibility index (Phi) is 5.60. The zero-order chi connectivity index (χ0) is 18.4. The van der Waals surface area contributed by atoms with E-state index < -0.39 is 0 Å². The Morgan fingerprint density at radius 2 is 2.08 bits per heavy atom. The van der Waals surface area contributed by atoms with E-state index in [2.05, 4.69) is 25.8 Å². The Labute approximate surface area is 155 Å². The summed E-state index contributed by atoms with van der Waals surface area (Å²) >= 11 is 6.09. The number of rotatable bonds is 6. The van der Waals surface area contributed by atoms with Crippen LogP contribution < -0.4 is 15.4 Å². The molecule has 3 rings (SSSR count). The van der Waals surface area contributed by atoms with E-state index in [1.54, 1.807) is 49.8 Å². The third kappa shape index (κ3) is 4.46. The molecule has 0 fully saturated rings. The first kappa shape index (κ1) is 17.6. The lowest BCUT2D eigenvalue weighted by Gasteiger charge is -2.08. The average Bonchev–Trinajstić information content (AvgIpc) is 2.68. The molecule has 0 atom stereocenters. The average molecular weight is 370 g/mol. The molecule has 2 N–H and O–H groups in total. The molecule has 1 amide bonds. The summed E-state index contributed by atoms with van der Waals surface area (Å²) in [6.07, 6.45) is 3.37. The van der Waals surface area contributed by atoms with E-state index in [9.17, 15) is 4.79 Å². The minimum Gasteiger partial charge on any atom is -0.495 e. The molecule has 0 unspecified atom stereocenters. The molecule has 0 spiro atoms. The van der Waals surface area contributed by atoms with Gasteiger partial charge in [-0.1, -0.05) is 17.7 Å². The number of carbonyl (C=O) groups is 1. The molecule has 0 saturated carbocycles. The van der Waals surface area contributed by atoms with Crippen LogP contribution in [0.25, 0.3) is 0 Å². The summed E-state index contributed by atoms with van der Waals surface area (Å²) < 4.78 is 5.11. The van der Waals surface area contributed by atoms with Crippen LogP contribution in [-0.4, -0.2) is 28.2 Å². The Balaban J connectivity index is 1.61. The van der Waals surface area contributed by atoms with Crippen LogP contribution in [-0.2, 0) is 6.54 Å². The summed E-state index contributed by atoms with van der Waals surface area (Å²) in [5, 5.41) is 14.3. The summed E-state index contributed by atoms with van der Waals surface area (Å²) in [6, 6.07) is 12.2. The monoisotopic (exact) mass is 369 g/mol. The Morgan fingerprint density at radius 3 is 2.73 bits per heavy atom. The third-order valence-electron chi connectivity index (χ3n) is 3.50. The molecule has 0 saturated heterocycles. The first-order chi connectivity index (χ1) is 12.7. The van der Waals surface area contributed by atoms with Gasteiger partial charge in [0.25, 0.3) is 5.91 Å². The molecule has 26 heavy (non-hydrogen) atoms. The fourth-order valence-electron chi connectivity index (χ4n) is 2.19. The molecule has 7 nitrogen and oxygen atoms in total. The normalized spacial score (nSPS) is 10.2. The van der Waals surface area contributed by atoms with Crippen LogP contribution in [0.15, 0.2) is 54.9 Å². The molecule has 2 aromatic heterocycles. The van der Waals surface area contributed by atoms with Gasteiger partial charge < -0.3 is 15.4 Å². The smallest absolute Gasteiger partial charge is 0.272 e. The van der Waals surface area contributed by atoms with Gasteiger partial charge in [-0.2, -0.15) is 0 Å². The van der Waals surface area contributed by atoms with E-state index in [0.29, 0.717) is 23.1 Å². The number of anilines is 2. The van der Waals surface area contributed by atoms with E-state index in [-0.39, 0.29) is 11.6 Å². The Morgan fingerprint density at radius 1 is 1.19 bits per heavy atom. The molecule has 132 valence electrons. The summed E-state index contributed by atoms with van der Waals surface area (Å²) in [7, 11) is 1.55. The number of benzene rings is 1. The Hall–Kier alpha value is -3.19. The maximum atomic E-state index is 12.1. The van der Waals surface area contributed by atoms with Gasteiger partial charge in [0, 0.05) is 24.6 Å². The Bertz CT molecular complexity index is 888. The van der Waals surface area contributed by atoms with E-state index in [1.807, 2.05) is 12.1 Å². The number of methoxy groups -OCH3 is 1. The molecule has 0 aliphatic heterocycles. The van der Waals surface area contributed by atoms with Crippen LogP contribution >= 0.6 is 11.6 Å². The standard InChI is InChI=1S/C18H16ClN5O2/c1-26-16-6-4-13(9-14(16)19)22-17-7-5-15(23-24-17)18(25)21-11-12-3-2-8-20-10-12/h2-10H,11H2,1H3,(H,21,25)(H,22,24). The largest absolute Gasteiger partial charge is 0.495 e. The van der Waals surface area contributed by atoms with Crippen molar-refractivity contribution in [2.75, 3.05) is 12.4 Å². The van der Waals surface area contributed by atoms with Crippen LogP contribution in [0, 0.1) is 0 Å². The van der Waals surface area contributed by atoms with E-state index in [4.69, 9.17) is 16.3 Å². The fourth-order valence-corrected chi connectivity index (χ4v) is 2.45. The van der Waals surface area contributed by atoms with Gasteiger partial charge in [-0.3, -0.25) is 9.78 Å². The number of halogens is 1. The number of ether oxygens (including phenoxy) is 1. The molecular weight excluding hydrogens is 354 g/mol. The lowest BCUT2D eigenvalue weighted by molar-refractivity contribution is 0.0945. The van der Waals surface area contributed by atoms with Gasteiger partial charge in [-0.05, 0) is 42.0 Å². The molecule has 8 heteroatoms. The molecule has 0 radical (unpaired) electrons. The van der Waals surface area contributed by atoms with Crippen LogP contribution in [0.5, 0.6) is 5.75 Å². The molecule has 1 aromatic carbocycles. The van der Waals surface area contributed by atoms with Crippen molar-refractivity contribution in [3.63, 3.8) is 0 Å². The SMILES string of the molecule is COc1ccc(Nc2ccc(C(=O)NCc3cccnc3)nn2)cc1Cl. The number of carbonyl (C=O) groups excluding carboxylic acids is 1. The fraction of sp³-hybridized carbons (Fsp3) is 0.111. The predicted octanol–water partition coefficient (Wildman–Crippen LogP) is 3.21. The summed E-state index contributed by atoms with van der Waals surface area (Å²) in [4.78, 5) is 16.1. The summed E-state index contributed by atoms with van der Waals surface area (Å²) in [5.41, 5.74) is 1.87. The second kappa shape index (κ2) is 8.26. The summed E-state index contributed by atoms with van der Waals surface area (Å²) in [5.74, 6) is 0.777. The lowest BCUT2D eigenvalue weighted by Crippen LogP contribution is -2.24. The highest BCUT2D eigenvalue weighted by Gasteiger charge is 2.09. The van der Waals surface area contributed by atoms with Crippen molar-refractivity contribution in [2.45, 2.75) is 6.54 Å². The van der Waals surface area contributed by atoms with Crippen molar-refractivity contribution in [3.05, 3.63) is 71.1 Å². The zero-order valence-electron chi connectivity index (χ0n) is 13.9. The van der Waals surface area contributed by atoms with Crippen LogP contribution in [0.4, 0.5) is 11.5 Å². The quantitative estimate of drug-likeness (QED) is 0.693. The van der Waals surface area contributed by atoms with Crippen molar-refractivity contribution in [1.29, 1.82) is 0 Å². The van der Waals surface area contributed by atoms with Crippen LogP contribution in [0.1, 0.15) is 16.1 Å². The van der Waals surface area contributed by atoms with Crippen molar-refractivity contribution < 1.29 is 9.53 Å². The first-order valence-electron chi connectivity index (χ1n) is 7.77. The summed E-state index contributed by atoms with van der Waals surface area (Å²) in [6.45, 7) is 0.374. The van der Waals surface area contributed by atoms with Gasteiger partial charge in [0.05, 0.1) is 12.1 Å². The molecule has 0 aliphatic rings. The van der Waals surface area contributed by atoms with Gasteiger partial charge >= 0.3 is 0 Å². The maximum Gasteiger partial charge on any atom is 0.272 e.